The van der Waals surface area contributed by atoms with Gasteiger partial charge in [-0.25, -0.2) is 0 Å². The highest BCUT2D eigenvalue weighted by atomic mass is 16.2. The van der Waals surface area contributed by atoms with Gasteiger partial charge in [0.1, 0.15) is 0 Å². The van der Waals surface area contributed by atoms with E-state index in [9.17, 15) is 4.79 Å². The van der Waals surface area contributed by atoms with E-state index >= 15 is 0 Å². The van der Waals surface area contributed by atoms with Gasteiger partial charge >= 0.3 is 0 Å². The van der Waals surface area contributed by atoms with Crippen molar-refractivity contribution in [2.24, 2.45) is 11.8 Å². The molecule has 0 radical (unpaired) electrons. The molecule has 4 heteroatoms. The van der Waals surface area contributed by atoms with Gasteiger partial charge in [-0.1, -0.05) is 20.8 Å². The Hall–Kier alpha value is -0.610. The fraction of sp³-hybridized carbons (Fsp3) is 0.933. The Bertz CT molecular complexity index is 260. The van der Waals surface area contributed by atoms with E-state index in [1.54, 1.807) is 0 Å². The second kappa shape index (κ2) is 8.54. The van der Waals surface area contributed by atoms with Crippen molar-refractivity contribution in [1.82, 2.24) is 15.5 Å². The molecule has 0 aromatic rings. The van der Waals surface area contributed by atoms with Crippen LogP contribution in [0.1, 0.15) is 40.5 Å². The van der Waals surface area contributed by atoms with E-state index in [4.69, 9.17) is 0 Å². The van der Waals surface area contributed by atoms with Gasteiger partial charge in [-0.3, -0.25) is 9.69 Å². The van der Waals surface area contributed by atoms with Crippen molar-refractivity contribution in [3.63, 3.8) is 0 Å². The van der Waals surface area contributed by atoms with Crippen LogP contribution in [0.5, 0.6) is 0 Å². The van der Waals surface area contributed by atoms with Crippen molar-refractivity contribution in [2.45, 2.75) is 46.6 Å². The summed E-state index contributed by atoms with van der Waals surface area (Å²) in [6, 6.07) is 0.0128. The number of nitrogens with zero attached hydrogens (tertiary/aromatic N) is 1. The number of hydrogen-bond acceptors (Lipinski definition) is 3. The number of hydrogen-bond donors (Lipinski definition) is 2. The number of nitrogens with one attached hydrogen (secondary N) is 2. The van der Waals surface area contributed by atoms with E-state index in [1.165, 1.54) is 12.8 Å². The average Bonchev–Trinajstić information content (AvgIpc) is 2.42. The first kappa shape index (κ1) is 16.4. The van der Waals surface area contributed by atoms with Crippen molar-refractivity contribution < 1.29 is 4.79 Å². The molecule has 19 heavy (non-hydrogen) atoms. The first-order chi connectivity index (χ1) is 9.04. The number of likely N-dealkylation sites (tertiary alicyclic amines) is 1. The molecule has 112 valence electrons. The lowest BCUT2D eigenvalue weighted by Crippen LogP contribution is -2.49. The van der Waals surface area contributed by atoms with Crippen molar-refractivity contribution >= 4 is 5.91 Å². The number of piperidine rings is 1. The summed E-state index contributed by atoms with van der Waals surface area (Å²) in [5.41, 5.74) is 0. The second-order valence-electron chi connectivity index (χ2n) is 6.10. The van der Waals surface area contributed by atoms with Crippen LogP contribution in [0.25, 0.3) is 0 Å². The first-order valence-electron chi connectivity index (χ1n) is 7.77. The summed E-state index contributed by atoms with van der Waals surface area (Å²) in [6.07, 6.45) is 2.41. The molecule has 1 unspecified atom stereocenters. The molecular weight excluding hydrogens is 238 g/mol. The van der Waals surface area contributed by atoms with Crippen molar-refractivity contribution in [2.75, 3.05) is 32.7 Å². The van der Waals surface area contributed by atoms with Crippen LogP contribution >= 0.6 is 0 Å². The molecule has 0 aromatic heterocycles. The Morgan fingerprint density at radius 1 is 1.26 bits per heavy atom. The Morgan fingerprint density at radius 2 is 1.89 bits per heavy atom. The molecule has 0 aliphatic carbocycles. The lowest BCUT2D eigenvalue weighted by atomic mass is 9.95. The van der Waals surface area contributed by atoms with Gasteiger partial charge in [0.05, 0.1) is 6.04 Å². The molecule has 1 rings (SSSR count). The molecule has 1 heterocycles. The third-order valence-corrected chi connectivity index (χ3v) is 3.94. The van der Waals surface area contributed by atoms with Crippen molar-refractivity contribution in [1.29, 1.82) is 0 Å². The summed E-state index contributed by atoms with van der Waals surface area (Å²) in [5.74, 6) is 1.47. The number of rotatable bonds is 7. The minimum absolute atomic E-state index is 0.0128. The van der Waals surface area contributed by atoms with Crippen LogP contribution in [0.4, 0.5) is 0 Å². The lowest BCUT2D eigenvalue weighted by Gasteiger charge is -2.35. The Kier molecular flexibility index (Phi) is 7.39. The van der Waals surface area contributed by atoms with E-state index in [0.717, 1.165) is 38.6 Å². The minimum Gasteiger partial charge on any atom is -0.354 e. The third-order valence-electron chi connectivity index (χ3n) is 3.94. The maximum Gasteiger partial charge on any atom is 0.237 e. The predicted octanol–water partition coefficient (Wildman–Crippen LogP) is 1.47. The van der Waals surface area contributed by atoms with E-state index in [-0.39, 0.29) is 11.9 Å². The predicted molar refractivity (Wildman–Crippen MR) is 80.2 cm³/mol. The fourth-order valence-electron chi connectivity index (χ4n) is 2.51. The van der Waals surface area contributed by atoms with Gasteiger partial charge in [-0.15, -0.1) is 0 Å². The monoisotopic (exact) mass is 269 g/mol. The minimum atomic E-state index is 0.0128. The topological polar surface area (TPSA) is 44.4 Å². The molecule has 0 bridgehead atoms. The SMILES string of the molecule is CCNCC1CCN(C(C)C(=O)NCC(C)C)CC1. The third kappa shape index (κ3) is 5.91. The van der Waals surface area contributed by atoms with Crippen LogP contribution in [0.15, 0.2) is 0 Å². The number of amides is 1. The summed E-state index contributed by atoms with van der Waals surface area (Å²) in [7, 11) is 0. The Labute approximate surface area is 118 Å². The summed E-state index contributed by atoms with van der Waals surface area (Å²) in [4.78, 5) is 14.4. The van der Waals surface area contributed by atoms with Crippen LogP contribution in [0.3, 0.4) is 0 Å². The summed E-state index contributed by atoms with van der Waals surface area (Å²) in [5, 5.41) is 6.45. The molecule has 2 N–H and O–H groups in total. The number of carbonyl (C=O) groups is 1. The zero-order valence-electron chi connectivity index (χ0n) is 13.0. The molecular formula is C15H31N3O. The van der Waals surface area contributed by atoms with Crippen LogP contribution in [-0.4, -0.2) is 49.6 Å². The molecule has 1 aliphatic rings. The fourth-order valence-corrected chi connectivity index (χ4v) is 2.51. The van der Waals surface area contributed by atoms with Gasteiger partial charge in [-0.2, -0.15) is 0 Å². The number of carbonyl (C=O) groups excluding carboxylic acids is 1. The molecule has 0 saturated carbocycles. The first-order valence-corrected chi connectivity index (χ1v) is 7.77. The normalized spacial score (nSPS) is 19.6. The van der Waals surface area contributed by atoms with Crippen LogP contribution < -0.4 is 10.6 Å². The Balaban J connectivity index is 2.27. The van der Waals surface area contributed by atoms with Crippen LogP contribution in [0.2, 0.25) is 0 Å². The van der Waals surface area contributed by atoms with Gasteiger partial charge in [0.15, 0.2) is 0 Å². The molecule has 1 saturated heterocycles. The molecule has 1 atom stereocenters. The van der Waals surface area contributed by atoms with E-state index in [0.29, 0.717) is 5.92 Å². The standard InChI is InChI=1S/C15H31N3O/c1-5-16-11-14-6-8-18(9-7-14)13(4)15(19)17-10-12(2)3/h12-14,16H,5-11H2,1-4H3,(H,17,19). The highest BCUT2D eigenvalue weighted by Crippen LogP contribution is 2.18. The van der Waals surface area contributed by atoms with Crippen molar-refractivity contribution in [3.05, 3.63) is 0 Å². The highest BCUT2D eigenvalue weighted by Gasteiger charge is 2.26. The largest absolute Gasteiger partial charge is 0.354 e. The Morgan fingerprint density at radius 3 is 2.42 bits per heavy atom. The molecule has 0 spiro atoms. The highest BCUT2D eigenvalue weighted by molar-refractivity contribution is 5.81. The van der Waals surface area contributed by atoms with E-state index in [2.05, 4.69) is 36.3 Å². The maximum absolute atomic E-state index is 12.0. The molecule has 4 nitrogen and oxygen atoms in total. The maximum atomic E-state index is 12.0. The zero-order valence-corrected chi connectivity index (χ0v) is 13.0. The van der Waals surface area contributed by atoms with Gasteiger partial charge < -0.3 is 10.6 Å². The van der Waals surface area contributed by atoms with Crippen molar-refractivity contribution in [3.8, 4) is 0 Å². The summed E-state index contributed by atoms with van der Waals surface area (Å²) < 4.78 is 0. The van der Waals surface area contributed by atoms with Gasteiger partial charge in [0.25, 0.3) is 0 Å². The van der Waals surface area contributed by atoms with Crippen LogP contribution in [0, 0.1) is 11.8 Å². The van der Waals surface area contributed by atoms with E-state index in [1.807, 2.05) is 6.92 Å². The summed E-state index contributed by atoms with van der Waals surface area (Å²) in [6.45, 7) is 13.5. The second-order valence-corrected chi connectivity index (χ2v) is 6.10. The van der Waals surface area contributed by atoms with Gasteiger partial charge in [0, 0.05) is 6.54 Å². The molecule has 1 fully saturated rings. The zero-order chi connectivity index (χ0) is 14.3. The van der Waals surface area contributed by atoms with Gasteiger partial charge in [0.2, 0.25) is 5.91 Å². The quantitative estimate of drug-likeness (QED) is 0.735. The molecule has 1 amide bonds. The average molecular weight is 269 g/mol. The van der Waals surface area contributed by atoms with E-state index < -0.39 is 0 Å². The smallest absolute Gasteiger partial charge is 0.237 e. The lowest BCUT2D eigenvalue weighted by molar-refractivity contribution is -0.126. The van der Waals surface area contributed by atoms with Crippen LogP contribution in [-0.2, 0) is 4.79 Å². The molecule has 0 aromatic carbocycles. The van der Waals surface area contributed by atoms with Gasteiger partial charge in [-0.05, 0) is 57.8 Å². The summed E-state index contributed by atoms with van der Waals surface area (Å²) >= 11 is 0. The molecule has 1 aliphatic heterocycles.